The number of rotatable bonds is 5. The molecule has 0 aliphatic heterocycles. The van der Waals surface area contributed by atoms with Crippen LogP contribution < -0.4 is 10.2 Å². The maximum Gasteiger partial charge on any atom is 0.228 e. The molecule has 1 heterocycles. The summed E-state index contributed by atoms with van der Waals surface area (Å²) >= 11 is 0. The SMILES string of the molecule is CN(CCC(=O)NC=O)c1cccc2c1ccn2C. The van der Waals surface area contributed by atoms with Crippen molar-refractivity contribution in [3.63, 3.8) is 0 Å². The second-order valence-corrected chi connectivity index (χ2v) is 4.49. The molecular formula is C14H17N3O2. The highest BCUT2D eigenvalue weighted by Gasteiger charge is 2.09. The summed E-state index contributed by atoms with van der Waals surface area (Å²) < 4.78 is 2.06. The minimum atomic E-state index is -0.262. The van der Waals surface area contributed by atoms with E-state index in [1.165, 1.54) is 0 Å². The summed E-state index contributed by atoms with van der Waals surface area (Å²) in [5.74, 6) is -0.262. The Kier molecular flexibility index (Phi) is 3.85. The second kappa shape index (κ2) is 5.56. The van der Waals surface area contributed by atoms with Crippen LogP contribution in [-0.4, -0.2) is 30.5 Å². The molecule has 0 saturated carbocycles. The molecule has 2 rings (SSSR count). The Bertz CT molecular complexity index is 604. The first-order chi connectivity index (χ1) is 9.13. The van der Waals surface area contributed by atoms with E-state index in [9.17, 15) is 9.59 Å². The first-order valence-electron chi connectivity index (χ1n) is 6.11. The number of hydrogen-bond acceptors (Lipinski definition) is 3. The average Bonchev–Trinajstić information content (AvgIpc) is 2.78. The Morgan fingerprint density at radius 2 is 2.21 bits per heavy atom. The summed E-state index contributed by atoms with van der Waals surface area (Å²) in [5.41, 5.74) is 2.23. The highest BCUT2D eigenvalue weighted by Crippen LogP contribution is 2.26. The zero-order chi connectivity index (χ0) is 13.8. The maximum atomic E-state index is 11.3. The summed E-state index contributed by atoms with van der Waals surface area (Å²) in [4.78, 5) is 23.5. The number of carbonyl (C=O) groups is 2. The van der Waals surface area contributed by atoms with E-state index in [2.05, 4.69) is 22.0 Å². The van der Waals surface area contributed by atoms with Crippen LogP contribution >= 0.6 is 0 Å². The average molecular weight is 259 g/mol. The molecule has 19 heavy (non-hydrogen) atoms. The first kappa shape index (κ1) is 13.1. The molecule has 0 spiro atoms. The smallest absolute Gasteiger partial charge is 0.228 e. The van der Waals surface area contributed by atoms with Gasteiger partial charge in [-0.15, -0.1) is 0 Å². The van der Waals surface area contributed by atoms with E-state index in [-0.39, 0.29) is 5.91 Å². The molecule has 2 aromatic rings. The summed E-state index contributed by atoms with van der Waals surface area (Å²) in [5, 5.41) is 3.30. The van der Waals surface area contributed by atoms with Crippen LogP contribution in [0.25, 0.3) is 10.9 Å². The van der Waals surface area contributed by atoms with Gasteiger partial charge in [-0.25, -0.2) is 0 Å². The number of hydrogen-bond donors (Lipinski definition) is 1. The number of benzene rings is 1. The van der Waals surface area contributed by atoms with Gasteiger partial charge < -0.3 is 9.47 Å². The fraction of sp³-hybridized carbons (Fsp3) is 0.286. The molecule has 2 amide bonds. The van der Waals surface area contributed by atoms with E-state index < -0.39 is 0 Å². The number of nitrogens with zero attached hydrogens (tertiary/aromatic N) is 2. The van der Waals surface area contributed by atoms with Crippen molar-refractivity contribution in [2.24, 2.45) is 7.05 Å². The van der Waals surface area contributed by atoms with Gasteiger partial charge in [0.25, 0.3) is 0 Å². The van der Waals surface area contributed by atoms with Gasteiger partial charge in [-0.3, -0.25) is 14.9 Å². The highest BCUT2D eigenvalue weighted by atomic mass is 16.2. The lowest BCUT2D eigenvalue weighted by Gasteiger charge is -2.19. The molecule has 5 heteroatoms. The molecule has 0 saturated heterocycles. The molecule has 0 aliphatic carbocycles. The Morgan fingerprint density at radius 3 is 2.95 bits per heavy atom. The van der Waals surface area contributed by atoms with Crippen molar-refractivity contribution in [3.8, 4) is 0 Å². The van der Waals surface area contributed by atoms with Gasteiger partial charge in [0.2, 0.25) is 12.3 Å². The molecular weight excluding hydrogens is 242 g/mol. The van der Waals surface area contributed by atoms with E-state index in [1.807, 2.05) is 37.3 Å². The van der Waals surface area contributed by atoms with Crippen LogP contribution in [0.3, 0.4) is 0 Å². The maximum absolute atomic E-state index is 11.3. The highest BCUT2D eigenvalue weighted by molar-refractivity contribution is 5.93. The normalized spacial score (nSPS) is 10.4. The van der Waals surface area contributed by atoms with E-state index in [1.54, 1.807) is 0 Å². The number of fused-ring (bicyclic) bond motifs is 1. The monoisotopic (exact) mass is 259 g/mol. The van der Waals surface area contributed by atoms with Crippen LogP contribution in [0.2, 0.25) is 0 Å². The molecule has 0 aliphatic rings. The lowest BCUT2D eigenvalue weighted by atomic mass is 10.2. The number of aromatic nitrogens is 1. The summed E-state index contributed by atoms with van der Waals surface area (Å²) in [6.45, 7) is 0.563. The van der Waals surface area contributed by atoms with Crippen LogP contribution in [0.1, 0.15) is 6.42 Å². The Balaban J connectivity index is 2.15. The van der Waals surface area contributed by atoms with Crippen molar-refractivity contribution in [3.05, 3.63) is 30.5 Å². The summed E-state index contributed by atoms with van der Waals surface area (Å²) in [7, 11) is 3.94. The van der Waals surface area contributed by atoms with Crippen LogP contribution in [0, 0.1) is 0 Å². The van der Waals surface area contributed by atoms with Gasteiger partial charge in [0, 0.05) is 49.8 Å². The molecule has 0 atom stereocenters. The minimum Gasteiger partial charge on any atom is -0.374 e. The van der Waals surface area contributed by atoms with Crippen LogP contribution in [0.4, 0.5) is 5.69 Å². The summed E-state index contributed by atoms with van der Waals surface area (Å²) in [6.07, 6.45) is 2.72. The minimum absolute atomic E-state index is 0.262. The van der Waals surface area contributed by atoms with Gasteiger partial charge in [-0.1, -0.05) is 6.07 Å². The van der Waals surface area contributed by atoms with E-state index in [0.29, 0.717) is 19.4 Å². The molecule has 1 aromatic heterocycles. The number of aryl methyl sites for hydroxylation is 1. The van der Waals surface area contributed by atoms with Gasteiger partial charge in [-0.05, 0) is 18.2 Å². The number of carbonyl (C=O) groups excluding carboxylic acids is 2. The number of nitrogens with one attached hydrogen (secondary N) is 1. The van der Waals surface area contributed by atoms with Crippen molar-refractivity contribution >= 4 is 28.9 Å². The third kappa shape index (κ3) is 2.76. The predicted octanol–water partition coefficient (Wildman–Crippen LogP) is 1.28. The number of amides is 2. The molecule has 0 radical (unpaired) electrons. The molecule has 0 unspecified atom stereocenters. The van der Waals surface area contributed by atoms with Crippen LogP contribution in [0.15, 0.2) is 30.5 Å². The Labute approximate surface area is 111 Å². The quantitative estimate of drug-likeness (QED) is 0.823. The predicted molar refractivity (Wildman–Crippen MR) is 75.0 cm³/mol. The zero-order valence-corrected chi connectivity index (χ0v) is 11.1. The number of anilines is 1. The van der Waals surface area contributed by atoms with Crippen molar-refractivity contribution < 1.29 is 9.59 Å². The molecule has 0 bridgehead atoms. The van der Waals surface area contributed by atoms with Gasteiger partial charge in [0.15, 0.2) is 0 Å². The summed E-state index contributed by atoms with van der Waals surface area (Å²) in [6, 6.07) is 8.15. The van der Waals surface area contributed by atoms with Crippen molar-refractivity contribution in [2.45, 2.75) is 6.42 Å². The fourth-order valence-electron chi connectivity index (χ4n) is 2.15. The van der Waals surface area contributed by atoms with E-state index >= 15 is 0 Å². The number of imide groups is 1. The fourth-order valence-corrected chi connectivity index (χ4v) is 2.15. The van der Waals surface area contributed by atoms with Crippen molar-refractivity contribution in [1.82, 2.24) is 9.88 Å². The van der Waals surface area contributed by atoms with Gasteiger partial charge >= 0.3 is 0 Å². The Hall–Kier alpha value is -2.30. The Morgan fingerprint density at radius 1 is 1.42 bits per heavy atom. The zero-order valence-electron chi connectivity index (χ0n) is 11.1. The standard InChI is InChI=1S/C14H17N3O2/c1-16-8-6-11-12(16)4-3-5-13(11)17(2)9-7-14(19)15-10-18/h3-6,8,10H,7,9H2,1-2H3,(H,15,18,19). The van der Waals surface area contributed by atoms with Crippen molar-refractivity contribution in [1.29, 1.82) is 0 Å². The molecule has 100 valence electrons. The molecule has 1 aromatic carbocycles. The van der Waals surface area contributed by atoms with Crippen LogP contribution in [0.5, 0.6) is 0 Å². The van der Waals surface area contributed by atoms with Crippen molar-refractivity contribution in [2.75, 3.05) is 18.5 Å². The lowest BCUT2D eigenvalue weighted by Crippen LogP contribution is -2.27. The molecule has 1 N–H and O–H groups in total. The molecule has 0 fully saturated rings. The van der Waals surface area contributed by atoms with Gasteiger partial charge in [0.1, 0.15) is 0 Å². The topological polar surface area (TPSA) is 54.3 Å². The largest absolute Gasteiger partial charge is 0.374 e. The van der Waals surface area contributed by atoms with Crippen LogP contribution in [-0.2, 0) is 16.6 Å². The second-order valence-electron chi connectivity index (χ2n) is 4.49. The lowest BCUT2D eigenvalue weighted by molar-refractivity contribution is -0.125. The van der Waals surface area contributed by atoms with Gasteiger partial charge in [-0.2, -0.15) is 0 Å². The first-order valence-corrected chi connectivity index (χ1v) is 6.11. The van der Waals surface area contributed by atoms with E-state index in [4.69, 9.17) is 0 Å². The third-order valence-electron chi connectivity index (χ3n) is 3.21. The van der Waals surface area contributed by atoms with Gasteiger partial charge in [0.05, 0.1) is 0 Å². The third-order valence-corrected chi connectivity index (χ3v) is 3.21. The van der Waals surface area contributed by atoms with E-state index in [0.717, 1.165) is 16.6 Å². The molecule has 5 nitrogen and oxygen atoms in total.